The van der Waals surface area contributed by atoms with Crippen molar-refractivity contribution in [2.24, 2.45) is 5.92 Å². The summed E-state index contributed by atoms with van der Waals surface area (Å²) in [6, 6.07) is 5.36. The monoisotopic (exact) mass is 252 g/mol. The lowest BCUT2D eigenvalue weighted by Crippen LogP contribution is -2.33. The highest BCUT2D eigenvalue weighted by Crippen LogP contribution is 2.26. The van der Waals surface area contributed by atoms with Gasteiger partial charge in [-0.25, -0.2) is 0 Å². The Morgan fingerprint density at radius 1 is 1.47 bits per heavy atom. The average Bonchev–Trinajstić information content (AvgIpc) is 2.61. The second-order valence-electron chi connectivity index (χ2n) is 4.88. The molecule has 4 heteroatoms. The number of amides is 1. The SMILES string of the molecule is CC1CC(C)N(C(=O)c2ccc(N)c(Cl)c2)C1. The van der Waals surface area contributed by atoms with E-state index in [1.165, 1.54) is 0 Å². The van der Waals surface area contributed by atoms with Gasteiger partial charge in [-0.1, -0.05) is 18.5 Å². The highest BCUT2D eigenvalue weighted by atomic mass is 35.5. The molecule has 1 saturated heterocycles. The third-order valence-electron chi connectivity index (χ3n) is 3.29. The van der Waals surface area contributed by atoms with Crippen LogP contribution in [0.2, 0.25) is 5.02 Å². The third-order valence-corrected chi connectivity index (χ3v) is 3.62. The van der Waals surface area contributed by atoms with Crippen molar-refractivity contribution in [2.45, 2.75) is 26.3 Å². The Labute approximate surface area is 107 Å². The van der Waals surface area contributed by atoms with Gasteiger partial charge >= 0.3 is 0 Å². The van der Waals surface area contributed by atoms with Gasteiger partial charge in [0.05, 0.1) is 10.7 Å². The number of hydrogen-bond donors (Lipinski definition) is 1. The fourth-order valence-corrected chi connectivity index (χ4v) is 2.59. The first kappa shape index (κ1) is 12.2. The van der Waals surface area contributed by atoms with Crippen LogP contribution < -0.4 is 5.73 Å². The average molecular weight is 253 g/mol. The summed E-state index contributed by atoms with van der Waals surface area (Å²) in [5.74, 6) is 0.613. The van der Waals surface area contributed by atoms with Crippen molar-refractivity contribution in [2.75, 3.05) is 12.3 Å². The molecule has 2 atom stereocenters. The van der Waals surface area contributed by atoms with Crippen LogP contribution in [0.25, 0.3) is 0 Å². The number of carbonyl (C=O) groups is 1. The fourth-order valence-electron chi connectivity index (χ4n) is 2.41. The zero-order chi connectivity index (χ0) is 12.6. The Kier molecular flexibility index (Phi) is 3.29. The maximum Gasteiger partial charge on any atom is 0.254 e. The fraction of sp³-hybridized carbons (Fsp3) is 0.462. The maximum absolute atomic E-state index is 12.3. The normalized spacial score (nSPS) is 24.1. The lowest BCUT2D eigenvalue weighted by atomic mass is 10.1. The molecule has 92 valence electrons. The number of benzene rings is 1. The van der Waals surface area contributed by atoms with Crippen molar-refractivity contribution in [3.8, 4) is 0 Å². The van der Waals surface area contributed by atoms with Crippen LogP contribution in [0.5, 0.6) is 0 Å². The van der Waals surface area contributed by atoms with E-state index in [1.54, 1.807) is 18.2 Å². The van der Waals surface area contributed by atoms with Crippen molar-refractivity contribution in [3.63, 3.8) is 0 Å². The van der Waals surface area contributed by atoms with Gasteiger partial charge in [0.15, 0.2) is 0 Å². The van der Waals surface area contributed by atoms with E-state index >= 15 is 0 Å². The van der Waals surface area contributed by atoms with Crippen molar-refractivity contribution < 1.29 is 4.79 Å². The van der Waals surface area contributed by atoms with Crippen molar-refractivity contribution in [3.05, 3.63) is 28.8 Å². The van der Waals surface area contributed by atoms with Gasteiger partial charge in [-0.15, -0.1) is 0 Å². The zero-order valence-corrected chi connectivity index (χ0v) is 10.9. The molecule has 2 unspecified atom stereocenters. The van der Waals surface area contributed by atoms with E-state index in [0.29, 0.717) is 28.2 Å². The van der Waals surface area contributed by atoms with Crippen LogP contribution in [0.15, 0.2) is 18.2 Å². The van der Waals surface area contributed by atoms with Crippen LogP contribution in [-0.2, 0) is 0 Å². The molecule has 0 aromatic heterocycles. The first-order chi connectivity index (χ1) is 7.99. The molecule has 1 aromatic rings. The van der Waals surface area contributed by atoms with Gasteiger partial charge in [-0.2, -0.15) is 0 Å². The van der Waals surface area contributed by atoms with Crippen LogP contribution in [-0.4, -0.2) is 23.4 Å². The minimum Gasteiger partial charge on any atom is -0.398 e. The number of anilines is 1. The molecular formula is C13H17ClN2O. The zero-order valence-electron chi connectivity index (χ0n) is 10.1. The van der Waals surface area contributed by atoms with Crippen LogP contribution in [0.1, 0.15) is 30.6 Å². The molecule has 1 fully saturated rings. The highest BCUT2D eigenvalue weighted by molar-refractivity contribution is 6.33. The number of likely N-dealkylation sites (tertiary alicyclic amines) is 1. The minimum atomic E-state index is 0.0451. The molecule has 0 bridgehead atoms. The number of nitrogen functional groups attached to an aromatic ring is 1. The van der Waals surface area contributed by atoms with Crippen molar-refractivity contribution in [1.29, 1.82) is 0 Å². The third kappa shape index (κ3) is 2.39. The molecule has 1 heterocycles. The van der Waals surface area contributed by atoms with Crippen LogP contribution >= 0.6 is 11.6 Å². The second-order valence-corrected chi connectivity index (χ2v) is 5.29. The first-order valence-electron chi connectivity index (χ1n) is 5.85. The summed E-state index contributed by atoms with van der Waals surface area (Å²) >= 11 is 5.93. The number of rotatable bonds is 1. The summed E-state index contributed by atoms with van der Waals surface area (Å²) in [6.45, 7) is 5.07. The Bertz CT molecular complexity index is 447. The molecule has 1 aromatic carbocycles. The number of nitrogens with zero attached hydrogens (tertiary/aromatic N) is 1. The Balaban J connectivity index is 2.22. The summed E-state index contributed by atoms with van der Waals surface area (Å²) in [4.78, 5) is 14.2. The summed E-state index contributed by atoms with van der Waals surface area (Å²) in [6.07, 6.45) is 1.06. The van der Waals surface area contributed by atoms with Gasteiger partial charge in [0.25, 0.3) is 5.91 Å². The van der Waals surface area contributed by atoms with E-state index in [2.05, 4.69) is 13.8 Å². The summed E-state index contributed by atoms with van der Waals surface area (Å²) in [5, 5.41) is 0.441. The molecule has 1 amide bonds. The van der Waals surface area contributed by atoms with Crippen LogP contribution in [0.3, 0.4) is 0 Å². The molecule has 17 heavy (non-hydrogen) atoms. The molecule has 0 radical (unpaired) electrons. The number of nitrogens with two attached hydrogens (primary N) is 1. The molecule has 2 rings (SSSR count). The molecule has 0 saturated carbocycles. The number of hydrogen-bond acceptors (Lipinski definition) is 2. The quantitative estimate of drug-likeness (QED) is 0.782. The topological polar surface area (TPSA) is 46.3 Å². The molecule has 1 aliphatic rings. The van der Waals surface area contributed by atoms with Crippen LogP contribution in [0, 0.1) is 5.92 Å². The number of halogens is 1. The van der Waals surface area contributed by atoms with Gasteiger partial charge < -0.3 is 10.6 Å². The predicted molar refractivity (Wildman–Crippen MR) is 70.1 cm³/mol. The minimum absolute atomic E-state index is 0.0451. The largest absolute Gasteiger partial charge is 0.398 e. The maximum atomic E-state index is 12.3. The molecule has 0 aliphatic carbocycles. The Morgan fingerprint density at radius 3 is 2.71 bits per heavy atom. The van der Waals surface area contributed by atoms with Gasteiger partial charge in [-0.3, -0.25) is 4.79 Å². The van der Waals surface area contributed by atoms with E-state index in [1.807, 2.05) is 4.90 Å². The molecule has 2 N–H and O–H groups in total. The van der Waals surface area contributed by atoms with E-state index < -0.39 is 0 Å². The van der Waals surface area contributed by atoms with Crippen LogP contribution in [0.4, 0.5) is 5.69 Å². The van der Waals surface area contributed by atoms with Gasteiger partial charge in [0.1, 0.15) is 0 Å². The van der Waals surface area contributed by atoms with Gasteiger partial charge in [0.2, 0.25) is 0 Å². The molecule has 1 aliphatic heterocycles. The van der Waals surface area contributed by atoms with Crippen molar-refractivity contribution >= 4 is 23.2 Å². The van der Waals surface area contributed by atoms with E-state index in [4.69, 9.17) is 17.3 Å². The van der Waals surface area contributed by atoms with E-state index in [0.717, 1.165) is 13.0 Å². The molecule has 3 nitrogen and oxygen atoms in total. The van der Waals surface area contributed by atoms with Crippen molar-refractivity contribution in [1.82, 2.24) is 4.90 Å². The number of carbonyl (C=O) groups excluding carboxylic acids is 1. The summed E-state index contributed by atoms with van der Waals surface area (Å²) in [7, 11) is 0. The van der Waals surface area contributed by atoms with Gasteiger partial charge in [-0.05, 0) is 37.5 Å². The lowest BCUT2D eigenvalue weighted by molar-refractivity contribution is 0.0744. The predicted octanol–water partition coefficient (Wildman–Crippen LogP) is 2.79. The van der Waals surface area contributed by atoms with Gasteiger partial charge in [0, 0.05) is 18.2 Å². The Morgan fingerprint density at radius 2 is 2.18 bits per heavy atom. The van der Waals surface area contributed by atoms with E-state index in [-0.39, 0.29) is 5.91 Å². The highest BCUT2D eigenvalue weighted by Gasteiger charge is 2.30. The van der Waals surface area contributed by atoms with E-state index in [9.17, 15) is 4.79 Å². The molecule has 0 spiro atoms. The molecular weight excluding hydrogens is 236 g/mol. The second kappa shape index (κ2) is 4.57. The summed E-state index contributed by atoms with van der Waals surface area (Å²) in [5.41, 5.74) is 6.76. The Hall–Kier alpha value is -1.22. The lowest BCUT2D eigenvalue weighted by Gasteiger charge is -2.21. The first-order valence-corrected chi connectivity index (χ1v) is 6.23. The smallest absolute Gasteiger partial charge is 0.254 e. The standard InChI is InChI=1S/C13H17ClN2O/c1-8-5-9(2)16(7-8)13(17)10-3-4-12(15)11(14)6-10/h3-4,6,8-9H,5,7,15H2,1-2H3. The summed E-state index contributed by atoms with van der Waals surface area (Å²) < 4.78 is 0.